The van der Waals surface area contributed by atoms with Crippen molar-refractivity contribution >= 4 is 0 Å². The van der Waals surface area contributed by atoms with E-state index < -0.39 is 0 Å². The molecule has 0 saturated heterocycles. The summed E-state index contributed by atoms with van der Waals surface area (Å²) in [7, 11) is 0. The van der Waals surface area contributed by atoms with Gasteiger partial charge in [0, 0.05) is 0 Å². The zero-order valence-electron chi connectivity index (χ0n) is 13.9. The second-order valence-electron chi connectivity index (χ2n) is 9.21. The lowest BCUT2D eigenvalue weighted by Gasteiger charge is -2.42. The summed E-state index contributed by atoms with van der Waals surface area (Å²) >= 11 is 0. The maximum Gasteiger partial charge on any atom is -0.0292 e. The molecular weight excluding hydrogens is 228 g/mol. The molecule has 8 atom stereocenters. The molecule has 0 heteroatoms. The third-order valence-electron chi connectivity index (χ3n) is 7.98. The maximum absolute atomic E-state index is 2.61. The average molecular weight is 262 g/mol. The summed E-state index contributed by atoms with van der Waals surface area (Å²) < 4.78 is 0. The van der Waals surface area contributed by atoms with Crippen LogP contribution < -0.4 is 0 Å². The first-order chi connectivity index (χ1) is 8.82. The van der Waals surface area contributed by atoms with Crippen LogP contribution in [0.2, 0.25) is 0 Å². The van der Waals surface area contributed by atoms with Gasteiger partial charge in [0.25, 0.3) is 0 Å². The standard InChI is InChI=1S/C19H34/c1-11-7-15-16-8-12(2)14(4)10-18(16)19(5,6)17(15)9-13(11)3/h11-18H,7-10H2,1-6H3. The van der Waals surface area contributed by atoms with Crippen molar-refractivity contribution in [3.63, 3.8) is 0 Å². The van der Waals surface area contributed by atoms with E-state index in [0.717, 1.165) is 47.3 Å². The van der Waals surface area contributed by atoms with Crippen LogP contribution in [0.3, 0.4) is 0 Å². The normalized spacial score (nSPS) is 56.5. The Morgan fingerprint density at radius 3 is 1.26 bits per heavy atom. The molecule has 0 aromatic rings. The molecule has 0 aliphatic heterocycles. The van der Waals surface area contributed by atoms with E-state index in [9.17, 15) is 0 Å². The molecule has 8 unspecified atom stereocenters. The molecule has 0 radical (unpaired) electrons. The average Bonchev–Trinajstić information content (AvgIpc) is 2.52. The number of fused-ring (bicyclic) bond motifs is 3. The van der Waals surface area contributed by atoms with Crippen LogP contribution in [0.15, 0.2) is 0 Å². The van der Waals surface area contributed by atoms with E-state index in [1.54, 1.807) is 0 Å². The summed E-state index contributed by atoms with van der Waals surface area (Å²) in [5, 5.41) is 0. The van der Waals surface area contributed by atoms with Crippen LogP contribution in [0.4, 0.5) is 0 Å². The quantitative estimate of drug-likeness (QED) is 0.531. The van der Waals surface area contributed by atoms with Crippen molar-refractivity contribution in [2.75, 3.05) is 0 Å². The van der Waals surface area contributed by atoms with Gasteiger partial charge < -0.3 is 0 Å². The van der Waals surface area contributed by atoms with Crippen molar-refractivity contribution in [3.05, 3.63) is 0 Å². The van der Waals surface area contributed by atoms with Gasteiger partial charge >= 0.3 is 0 Å². The van der Waals surface area contributed by atoms with Crippen molar-refractivity contribution in [3.8, 4) is 0 Å². The predicted octanol–water partition coefficient (Wildman–Crippen LogP) is 5.62. The minimum absolute atomic E-state index is 0.609. The van der Waals surface area contributed by atoms with E-state index in [2.05, 4.69) is 41.5 Å². The summed E-state index contributed by atoms with van der Waals surface area (Å²) in [6, 6.07) is 0. The van der Waals surface area contributed by atoms with E-state index in [1.165, 1.54) is 25.7 Å². The molecule has 19 heavy (non-hydrogen) atoms. The van der Waals surface area contributed by atoms with E-state index in [-0.39, 0.29) is 0 Å². The van der Waals surface area contributed by atoms with E-state index in [4.69, 9.17) is 0 Å². The largest absolute Gasteiger partial charge is 0.0622 e. The zero-order valence-corrected chi connectivity index (χ0v) is 13.9. The minimum Gasteiger partial charge on any atom is -0.0622 e. The second-order valence-corrected chi connectivity index (χ2v) is 9.21. The molecule has 0 spiro atoms. The van der Waals surface area contributed by atoms with Gasteiger partial charge in [0.1, 0.15) is 0 Å². The molecule has 0 N–H and O–H groups in total. The van der Waals surface area contributed by atoms with Crippen LogP contribution in [-0.2, 0) is 0 Å². The summed E-state index contributed by atoms with van der Waals surface area (Å²) in [6.07, 6.45) is 6.07. The first-order valence-corrected chi connectivity index (χ1v) is 8.82. The number of hydrogen-bond acceptors (Lipinski definition) is 0. The van der Waals surface area contributed by atoms with Gasteiger partial charge in [-0.2, -0.15) is 0 Å². The molecule has 0 amide bonds. The third-order valence-corrected chi connectivity index (χ3v) is 7.98. The molecule has 0 heterocycles. The van der Waals surface area contributed by atoms with Crippen molar-refractivity contribution < 1.29 is 0 Å². The van der Waals surface area contributed by atoms with E-state index >= 15 is 0 Å². The molecule has 3 fully saturated rings. The van der Waals surface area contributed by atoms with Crippen LogP contribution in [0.25, 0.3) is 0 Å². The van der Waals surface area contributed by atoms with E-state index in [0.29, 0.717) is 5.41 Å². The molecule has 0 aromatic carbocycles. The summed E-state index contributed by atoms with van der Waals surface area (Å²) in [5.41, 5.74) is 0.609. The van der Waals surface area contributed by atoms with Gasteiger partial charge in [0.15, 0.2) is 0 Å². The highest BCUT2D eigenvalue weighted by Gasteiger charge is 2.58. The van der Waals surface area contributed by atoms with Gasteiger partial charge in [-0.05, 0) is 78.4 Å². The van der Waals surface area contributed by atoms with Gasteiger partial charge in [-0.15, -0.1) is 0 Å². The van der Waals surface area contributed by atoms with Gasteiger partial charge in [-0.1, -0.05) is 41.5 Å². The van der Waals surface area contributed by atoms with Gasteiger partial charge in [0.05, 0.1) is 0 Å². The first-order valence-electron chi connectivity index (χ1n) is 8.82. The Balaban J connectivity index is 1.90. The fourth-order valence-electron chi connectivity index (χ4n) is 6.20. The van der Waals surface area contributed by atoms with Crippen LogP contribution in [-0.4, -0.2) is 0 Å². The third kappa shape index (κ3) is 2.00. The summed E-state index contributed by atoms with van der Waals surface area (Å²) in [6.45, 7) is 15.3. The molecule has 110 valence electrons. The molecule has 3 aliphatic rings. The molecule has 3 rings (SSSR count). The smallest absolute Gasteiger partial charge is 0.0292 e. The lowest BCUT2D eigenvalue weighted by Crippen LogP contribution is -2.34. The van der Waals surface area contributed by atoms with Crippen LogP contribution >= 0.6 is 0 Å². The van der Waals surface area contributed by atoms with Gasteiger partial charge in [0.2, 0.25) is 0 Å². The lowest BCUT2D eigenvalue weighted by molar-refractivity contribution is 0.0738. The Bertz CT molecular complexity index is 310. The van der Waals surface area contributed by atoms with Crippen molar-refractivity contribution in [1.82, 2.24) is 0 Å². The fraction of sp³-hybridized carbons (Fsp3) is 1.00. The lowest BCUT2D eigenvalue weighted by atomic mass is 9.63. The highest BCUT2D eigenvalue weighted by Crippen LogP contribution is 2.65. The molecule has 0 bridgehead atoms. The Labute approximate surface area is 120 Å². The van der Waals surface area contributed by atoms with Crippen LogP contribution in [0, 0.1) is 52.8 Å². The number of rotatable bonds is 0. The molecule has 3 saturated carbocycles. The Kier molecular flexibility index (Phi) is 3.31. The van der Waals surface area contributed by atoms with Crippen LogP contribution in [0.1, 0.15) is 67.2 Å². The van der Waals surface area contributed by atoms with Crippen molar-refractivity contribution in [2.45, 2.75) is 67.2 Å². The topological polar surface area (TPSA) is 0 Å². The van der Waals surface area contributed by atoms with Crippen LogP contribution in [0.5, 0.6) is 0 Å². The van der Waals surface area contributed by atoms with E-state index in [1.807, 2.05) is 0 Å². The van der Waals surface area contributed by atoms with Crippen molar-refractivity contribution in [1.29, 1.82) is 0 Å². The summed E-state index contributed by atoms with van der Waals surface area (Å²) in [4.78, 5) is 0. The minimum atomic E-state index is 0.609. The Morgan fingerprint density at radius 2 is 0.895 bits per heavy atom. The highest BCUT2D eigenvalue weighted by atomic mass is 14.6. The highest BCUT2D eigenvalue weighted by molar-refractivity contribution is 5.07. The van der Waals surface area contributed by atoms with Gasteiger partial charge in [-0.25, -0.2) is 0 Å². The SMILES string of the molecule is CC1CC2C3CC(C)C(C)CC3C(C)(C)C2CC1C. The number of hydrogen-bond donors (Lipinski definition) is 0. The zero-order chi connectivity index (χ0) is 13.9. The van der Waals surface area contributed by atoms with Crippen molar-refractivity contribution in [2.24, 2.45) is 52.8 Å². The Hall–Kier alpha value is 0. The van der Waals surface area contributed by atoms with Gasteiger partial charge in [-0.3, -0.25) is 0 Å². The Morgan fingerprint density at radius 1 is 0.579 bits per heavy atom. The molecule has 0 nitrogen and oxygen atoms in total. The molecule has 0 aromatic heterocycles. The maximum atomic E-state index is 2.61. The summed E-state index contributed by atoms with van der Waals surface area (Å²) in [5.74, 6) is 7.99. The molecule has 3 aliphatic carbocycles. The molecular formula is C19H34. The second kappa shape index (κ2) is 4.50. The predicted molar refractivity (Wildman–Crippen MR) is 82.9 cm³/mol. The monoisotopic (exact) mass is 262 g/mol. The fourth-order valence-corrected chi connectivity index (χ4v) is 6.20. The first kappa shape index (κ1) is 14.0.